The van der Waals surface area contributed by atoms with Crippen molar-refractivity contribution in [1.82, 2.24) is 0 Å². The fraction of sp³-hybridized carbons (Fsp3) is 0.500. The van der Waals surface area contributed by atoms with Gasteiger partial charge < -0.3 is 10.5 Å². The van der Waals surface area contributed by atoms with Crippen LogP contribution in [0.4, 0.5) is 0 Å². The number of rotatable bonds is 3. The lowest BCUT2D eigenvalue weighted by molar-refractivity contribution is 0.411. The van der Waals surface area contributed by atoms with Crippen LogP contribution in [0, 0.1) is 6.92 Å². The number of hydrogen-bond acceptors (Lipinski definition) is 2. The second-order valence-corrected chi connectivity index (χ2v) is 5.00. The SMILES string of the molecule is COc1c(C)cc(CC(C)(C)N)cc1Cl. The molecule has 0 fully saturated rings. The molecule has 0 aliphatic rings. The molecule has 1 aromatic rings. The van der Waals surface area contributed by atoms with Crippen LogP contribution < -0.4 is 10.5 Å². The van der Waals surface area contributed by atoms with Crippen molar-refractivity contribution in [2.75, 3.05) is 7.11 Å². The first-order valence-electron chi connectivity index (χ1n) is 4.95. The summed E-state index contributed by atoms with van der Waals surface area (Å²) >= 11 is 6.10. The molecule has 15 heavy (non-hydrogen) atoms. The molecule has 84 valence electrons. The molecule has 0 aromatic heterocycles. The van der Waals surface area contributed by atoms with Crippen LogP contribution in [0.5, 0.6) is 5.75 Å². The minimum atomic E-state index is -0.218. The summed E-state index contributed by atoms with van der Waals surface area (Å²) in [6.45, 7) is 5.98. The van der Waals surface area contributed by atoms with Crippen LogP contribution >= 0.6 is 11.6 Å². The van der Waals surface area contributed by atoms with E-state index in [1.807, 2.05) is 26.8 Å². The Hall–Kier alpha value is -0.730. The van der Waals surface area contributed by atoms with E-state index in [2.05, 4.69) is 6.07 Å². The predicted molar refractivity (Wildman–Crippen MR) is 64.7 cm³/mol. The maximum Gasteiger partial charge on any atom is 0.140 e. The van der Waals surface area contributed by atoms with Gasteiger partial charge in [-0.15, -0.1) is 0 Å². The average Bonchev–Trinajstić information content (AvgIpc) is 1.99. The van der Waals surface area contributed by atoms with Gasteiger partial charge in [-0.25, -0.2) is 0 Å². The molecule has 0 radical (unpaired) electrons. The van der Waals surface area contributed by atoms with Crippen LogP contribution in [0.15, 0.2) is 12.1 Å². The van der Waals surface area contributed by atoms with Crippen molar-refractivity contribution in [1.29, 1.82) is 0 Å². The molecule has 0 spiro atoms. The number of ether oxygens (including phenoxy) is 1. The number of methoxy groups -OCH3 is 1. The Bertz CT molecular complexity index is 332. The molecular weight excluding hydrogens is 210 g/mol. The van der Waals surface area contributed by atoms with E-state index in [1.165, 1.54) is 0 Å². The van der Waals surface area contributed by atoms with Crippen LogP contribution in [0.25, 0.3) is 0 Å². The van der Waals surface area contributed by atoms with Gasteiger partial charge in [0.15, 0.2) is 0 Å². The van der Waals surface area contributed by atoms with Crippen molar-refractivity contribution in [3.63, 3.8) is 0 Å². The number of halogens is 1. The predicted octanol–water partition coefficient (Wildman–Crippen LogP) is 2.94. The smallest absolute Gasteiger partial charge is 0.140 e. The molecule has 0 heterocycles. The molecule has 0 atom stereocenters. The zero-order valence-electron chi connectivity index (χ0n) is 9.73. The second kappa shape index (κ2) is 4.42. The Morgan fingerprint density at radius 1 is 1.40 bits per heavy atom. The van der Waals surface area contributed by atoms with Gasteiger partial charge in [0.1, 0.15) is 5.75 Å². The van der Waals surface area contributed by atoms with Crippen molar-refractivity contribution in [3.05, 3.63) is 28.3 Å². The van der Waals surface area contributed by atoms with Gasteiger partial charge in [-0.3, -0.25) is 0 Å². The Morgan fingerprint density at radius 3 is 2.40 bits per heavy atom. The summed E-state index contributed by atoms with van der Waals surface area (Å²) in [5, 5.41) is 0.650. The lowest BCUT2D eigenvalue weighted by Gasteiger charge is -2.19. The first kappa shape index (κ1) is 12.3. The maximum absolute atomic E-state index is 6.10. The monoisotopic (exact) mass is 227 g/mol. The van der Waals surface area contributed by atoms with E-state index >= 15 is 0 Å². The molecule has 3 heteroatoms. The number of hydrogen-bond donors (Lipinski definition) is 1. The van der Waals surface area contributed by atoms with Crippen molar-refractivity contribution in [3.8, 4) is 5.75 Å². The van der Waals surface area contributed by atoms with E-state index in [1.54, 1.807) is 7.11 Å². The fourth-order valence-corrected chi connectivity index (χ4v) is 2.05. The summed E-state index contributed by atoms with van der Waals surface area (Å²) in [5.41, 5.74) is 7.94. The lowest BCUT2D eigenvalue weighted by atomic mass is 9.95. The van der Waals surface area contributed by atoms with Crippen LogP contribution in [0.3, 0.4) is 0 Å². The highest BCUT2D eigenvalue weighted by molar-refractivity contribution is 6.32. The third-order valence-corrected chi connectivity index (χ3v) is 2.43. The molecule has 0 saturated carbocycles. The summed E-state index contributed by atoms with van der Waals surface area (Å²) in [5.74, 6) is 0.746. The second-order valence-electron chi connectivity index (χ2n) is 4.59. The fourth-order valence-electron chi connectivity index (χ4n) is 1.69. The largest absolute Gasteiger partial charge is 0.495 e. The van der Waals surface area contributed by atoms with E-state index in [4.69, 9.17) is 22.1 Å². The zero-order valence-corrected chi connectivity index (χ0v) is 10.5. The highest BCUT2D eigenvalue weighted by Gasteiger charge is 2.14. The molecule has 0 amide bonds. The van der Waals surface area contributed by atoms with Crippen molar-refractivity contribution >= 4 is 11.6 Å². The first-order valence-corrected chi connectivity index (χ1v) is 5.33. The van der Waals surface area contributed by atoms with Crippen molar-refractivity contribution in [2.45, 2.75) is 32.7 Å². The van der Waals surface area contributed by atoms with E-state index in [9.17, 15) is 0 Å². The minimum Gasteiger partial charge on any atom is -0.495 e. The third kappa shape index (κ3) is 3.40. The third-order valence-electron chi connectivity index (χ3n) is 2.15. The van der Waals surface area contributed by atoms with Crippen molar-refractivity contribution < 1.29 is 4.74 Å². The van der Waals surface area contributed by atoms with E-state index < -0.39 is 0 Å². The molecule has 0 aliphatic heterocycles. The summed E-state index contributed by atoms with van der Waals surface area (Å²) in [4.78, 5) is 0. The quantitative estimate of drug-likeness (QED) is 0.862. The molecule has 1 aromatic carbocycles. The minimum absolute atomic E-state index is 0.218. The number of nitrogens with two attached hydrogens (primary N) is 1. The Kier molecular flexibility index (Phi) is 3.63. The van der Waals surface area contributed by atoms with Gasteiger partial charge in [-0.2, -0.15) is 0 Å². The van der Waals surface area contributed by atoms with Crippen LogP contribution in [0.1, 0.15) is 25.0 Å². The van der Waals surface area contributed by atoms with Crippen LogP contribution in [-0.2, 0) is 6.42 Å². The van der Waals surface area contributed by atoms with Gasteiger partial charge in [-0.05, 0) is 44.4 Å². The Morgan fingerprint density at radius 2 is 2.00 bits per heavy atom. The molecule has 0 unspecified atom stereocenters. The van der Waals surface area contributed by atoms with Crippen molar-refractivity contribution in [2.24, 2.45) is 5.73 Å². The van der Waals surface area contributed by atoms with Gasteiger partial charge in [0.2, 0.25) is 0 Å². The average molecular weight is 228 g/mol. The molecule has 0 aliphatic carbocycles. The highest BCUT2D eigenvalue weighted by atomic mass is 35.5. The molecule has 0 saturated heterocycles. The standard InChI is InChI=1S/C12H18ClNO/c1-8-5-9(7-12(2,3)14)6-10(13)11(8)15-4/h5-6H,7,14H2,1-4H3. The van der Waals surface area contributed by atoms with E-state index in [0.717, 1.165) is 23.3 Å². The first-order chi connectivity index (χ1) is 6.83. The molecular formula is C12H18ClNO. The molecule has 2 nitrogen and oxygen atoms in total. The number of aryl methyl sites for hydroxylation is 1. The summed E-state index contributed by atoms with van der Waals surface area (Å²) < 4.78 is 5.20. The van der Waals surface area contributed by atoms with E-state index in [-0.39, 0.29) is 5.54 Å². The maximum atomic E-state index is 6.10. The van der Waals surface area contributed by atoms with Gasteiger partial charge in [0.05, 0.1) is 12.1 Å². The van der Waals surface area contributed by atoms with Gasteiger partial charge in [-0.1, -0.05) is 17.7 Å². The topological polar surface area (TPSA) is 35.2 Å². The summed E-state index contributed by atoms with van der Waals surface area (Å²) in [6.07, 6.45) is 0.803. The highest BCUT2D eigenvalue weighted by Crippen LogP contribution is 2.30. The normalized spacial score (nSPS) is 11.6. The molecule has 1 rings (SSSR count). The van der Waals surface area contributed by atoms with Crippen LogP contribution in [0.2, 0.25) is 5.02 Å². The zero-order chi connectivity index (χ0) is 11.6. The Labute approximate surface area is 96.4 Å². The summed E-state index contributed by atoms with van der Waals surface area (Å²) in [7, 11) is 1.63. The van der Waals surface area contributed by atoms with Crippen LogP contribution in [-0.4, -0.2) is 12.6 Å². The Balaban J connectivity index is 3.04. The molecule has 2 N–H and O–H groups in total. The van der Waals surface area contributed by atoms with E-state index in [0.29, 0.717) is 5.02 Å². The number of benzene rings is 1. The van der Waals surface area contributed by atoms with Gasteiger partial charge >= 0.3 is 0 Å². The summed E-state index contributed by atoms with van der Waals surface area (Å²) in [6, 6.07) is 3.99. The van der Waals surface area contributed by atoms with Gasteiger partial charge in [0.25, 0.3) is 0 Å². The van der Waals surface area contributed by atoms with Gasteiger partial charge in [0, 0.05) is 5.54 Å². The lowest BCUT2D eigenvalue weighted by Crippen LogP contribution is -2.34. The molecule has 0 bridgehead atoms.